The highest BCUT2D eigenvalue weighted by molar-refractivity contribution is 6.04. The summed E-state index contributed by atoms with van der Waals surface area (Å²) in [5.74, 6) is 0.420. The van der Waals surface area contributed by atoms with Gasteiger partial charge in [-0.1, -0.05) is 6.92 Å². The minimum Gasteiger partial charge on any atom is -0.369 e. The van der Waals surface area contributed by atoms with Crippen molar-refractivity contribution in [2.45, 2.75) is 27.7 Å². The maximum atomic E-state index is 11.3. The van der Waals surface area contributed by atoms with E-state index in [2.05, 4.69) is 44.3 Å². The minimum absolute atomic E-state index is 0.420. The SMILES string of the molecule is CCN1CCN(c2ccc(/N=C(\NC=O)c3cc4c(C)nc(C)cn4n3)c(C)c2)CC1. The predicted octanol–water partition coefficient (Wildman–Crippen LogP) is 2.62. The molecule has 3 aromatic rings. The first-order chi connectivity index (χ1) is 15.0. The molecule has 162 valence electrons. The summed E-state index contributed by atoms with van der Waals surface area (Å²) in [5.41, 5.74) is 6.32. The normalized spacial score (nSPS) is 15.5. The fourth-order valence-electron chi connectivity index (χ4n) is 4.03. The molecule has 1 amide bonds. The zero-order chi connectivity index (χ0) is 22.0. The summed E-state index contributed by atoms with van der Waals surface area (Å²) in [6.45, 7) is 13.5. The Balaban J connectivity index is 1.63. The molecule has 0 saturated carbocycles. The number of hydrogen-bond donors (Lipinski definition) is 1. The number of aromatic nitrogens is 3. The van der Waals surface area contributed by atoms with Crippen LogP contribution in [0.1, 0.15) is 29.6 Å². The standard InChI is InChI=1S/C23H29N7O/c1-5-28-8-10-29(11-9-28)19-6-7-20(16(2)12-19)26-23(24-15-31)21-13-22-18(4)25-17(3)14-30(22)27-21/h6-7,12-15H,5,8-11H2,1-4H3,(H,24,26,31). The van der Waals surface area contributed by atoms with Crippen LogP contribution in [0.2, 0.25) is 0 Å². The van der Waals surface area contributed by atoms with Crippen molar-refractivity contribution in [1.29, 1.82) is 0 Å². The minimum atomic E-state index is 0.420. The molecule has 0 bridgehead atoms. The van der Waals surface area contributed by atoms with E-state index in [1.165, 1.54) is 5.69 Å². The number of piperazine rings is 1. The highest BCUT2D eigenvalue weighted by Gasteiger charge is 2.17. The van der Waals surface area contributed by atoms with E-state index in [4.69, 9.17) is 4.99 Å². The Morgan fingerprint density at radius 2 is 1.94 bits per heavy atom. The number of carbonyl (C=O) groups is 1. The van der Waals surface area contributed by atoms with Gasteiger partial charge < -0.3 is 15.1 Å². The number of fused-ring (bicyclic) bond motifs is 1. The number of carbonyl (C=O) groups excluding carboxylic acids is 1. The van der Waals surface area contributed by atoms with Crippen LogP contribution in [0.4, 0.5) is 11.4 Å². The molecule has 0 atom stereocenters. The number of amides is 1. The average molecular weight is 420 g/mol. The lowest BCUT2D eigenvalue weighted by Crippen LogP contribution is -2.46. The quantitative estimate of drug-likeness (QED) is 0.391. The summed E-state index contributed by atoms with van der Waals surface area (Å²) in [6.07, 6.45) is 2.50. The molecule has 1 aliphatic rings. The Bertz CT molecular complexity index is 1130. The van der Waals surface area contributed by atoms with Crippen LogP contribution in [0.25, 0.3) is 5.52 Å². The van der Waals surface area contributed by atoms with Crippen molar-refractivity contribution in [3.8, 4) is 0 Å². The monoisotopic (exact) mass is 419 g/mol. The number of nitrogens with zero attached hydrogens (tertiary/aromatic N) is 6. The number of aliphatic imine (C=N–C) groups is 1. The molecule has 0 unspecified atom stereocenters. The van der Waals surface area contributed by atoms with E-state index in [1.807, 2.05) is 39.1 Å². The number of aryl methyl sites for hydroxylation is 3. The summed E-state index contributed by atoms with van der Waals surface area (Å²) in [4.78, 5) is 25.4. The average Bonchev–Trinajstić information content (AvgIpc) is 3.19. The Labute approximate surface area is 182 Å². The third kappa shape index (κ3) is 4.44. The van der Waals surface area contributed by atoms with Gasteiger partial charge in [0, 0.05) is 31.9 Å². The third-order valence-corrected chi connectivity index (χ3v) is 5.80. The van der Waals surface area contributed by atoms with Gasteiger partial charge in [-0.15, -0.1) is 0 Å². The van der Waals surface area contributed by atoms with E-state index in [1.54, 1.807) is 4.52 Å². The number of amidine groups is 1. The van der Waals surface area contributed by atoms with Crippen molar-refractivity contribution < 1.29 is 4.79 Å². The second-order valence-corrected chi connectivity index (χ2v) is 7.94. The zero-order valence-corrected chi connectivity index (χ0v) is 18.6. The summed E-state index contributed by atoms with van der Waals surface area (Å²) in [6, 6.07) is 8.18. The molecule has 0 spiro atoms. The van der Waals surface area contributed by atoms with Gasteiger partial charge in [-0.3, -0.25) is 9.78 Å². The van der Waals surface area contributed by atoms with Gasteiger partial charge >= 0.3 is 0 Å². The van der Waals surface area contributed by atoms with Crippen molar-refractivity contribution in [2.24, 2.45) is 4.99 Å². The second kappa shape index (κ2) is 8.85. The molecule has 3 heterocycles. The van der Waals surface area contributed by atoms with E-state index < -0.39 is 0 Å². The molecule has 8 heteroatoms. The van der Waals surface area contributed by atoms with Crippen LogP contribution >= 0.6 is 0 Å². The lowest BCUT2D eigenvalue weighted by atomic mass is 10.1. The van der Waals surface area contributed by atoms with Gasteiger partial charge in [-0.2, -0.15) is 5.10 Å². The number of rotatable bonds is 5. The molecular weight excluding hydrogens is 390 g/mol. The molecule has 0 aliphatic carbocycles. The molecule has 4 rings (SSSR count). The predicted molar refractivity (Wildman–Crippen MR) is 123 cm³/mol. The van der Waals surface area contributed by atoms with Gasteiger partial charge in [0.1, 0.15) is 5.69 Å². The largest absolute Gasteiger partial charge is 0.369 e. The molecule has 2 aromatic heterocycles. The lowest BCUT2D eigenvalue weighted by molar-refractivity contribution is -0.108. The van der Waals surface area contributed by atoms with Crippen LogP contribution in [0.15, 0.2) is 35.5 Å². The number of hydrogen-bond acceptors (Lipinski definition) is 6. The maximum absolute atomic E-state index is 11.3. The summed E-state index contributed by atoms with van der Waals surface area (Å²) in [7, 11) is 0. The Hall–Kier alpha value is -3.26. The summed E-state index contributed by atoms with van der Waals surface area (Å²) < 4.78 is 1.78. The summed E-state index contributed by atoms with van der Waals surface area (Å²) >= 11 is 0. The van der Waals surface area contributed by atoms with E-state index >= 15 is 0 Å². The van der Waals surface area contributed by atoms with Crippen molar-refractivity contribution in [1.82, 2.24) is 24.8 Å². The van der Waals surface area contributed by atoms with E-state index in [9.17, 15) is 4.79 Å². The van der Waals surface area contributed by atoms with Crippen molar-refractivity contribution >= 4 is 29.1 Å². The first kappa shape index (κ1) is 21.0. The van der Waals surface area contributed by atoms with Gasteiger partial charge in [0.2, 0.25) is 6.41 Å². The number of nitrogens with one attached hydrogen (secondary N) is 1. The second-order valence-electron chi connectivity index (χ2n) is 7.94. The van der Waals surface area contributed by atoms with Crippen molar-refractivity contribution in [3.05, 3.63) is 53.1 Å². The number of anilines is 1. The fraction of sp³-hybridized carbons (Fsp3) is 0.391. The molecule has 0 radical (unpaired) electrons. The molecular formula is C23H29N7O. The molecule has 1 aliphatic heterocycles. The van der Waals surface area contributed by atoms with E-state index in [0.29, 0.717) is 17.9 Å². The molecule has 1 aromatic carbocycles. The van der Waals surface area contributed by atoms with Crippen LogP contribution in [0, 0.1) is 20.8 Å². The van der Waals surface area contributed by atoms with Gasteiger partial charge in [0.05, 0.1) is 28.8 Å². The number of likely N-dealkylation sites (N-methyl/N-ethyl adjacent to an activating group) is 1. The third-order valence-electron chi connectivity index (χ3n) is 5.80. The van der Waals surface area contributed by atoms with Crippen LogP contribution in [-0.2, 0) is 4.79 Å². The van der Waals surface area contributed by atoms with Crippen LogP contribution < -0.4 is 10.2 Å². The lowest BCUT2D eigenvalue weighted by Gasteiger charge is -2.35. The summed E-state index contributed by atoms with van der Waals surface area (Å²) in [5, 5.41) is 7.31. The molecule has 1 N–H and O–H groups in total. The van der Waals surface area contributed by atoms with Crippen molar-refractivity contribution in [3.63, 3.8) is 0 Å². The first-order valence-corrected chi connectivity index (χ1v) is 10.7. The Morgan fingerprint density at radius 3 is 2.61 bits per heavy atom. The highest BCUT2D eigenvalue weighted by atomic mass is 16.1. The van der Waals surface area contributed by atoms with E-state index in [-0.39, 0.29) is 0 Å². The van der Waals surface area contributed by atoms with Crippen LogP contribution in [0.3, 0.4) is 0 Å². The molecule has 8 nitrogen and oxygen atoms in total. The van der Waals surface area contributed by atoms with Gasteiger partial charge in [-0.05, 0) is 57.1 Å². The number of benzene rings is 1. The van der Waals surface area contributed by atoms with Gasteiger partial charge in [0.25, 0.3) is 0 Å². The molecule has 1 fully saturated rings. The molecule has 31 heavy (non-hydrogen) atoms. The first-order valence-electron chi connectivity index (χ1n) is 10.7. The van der Waals surface area contributed by atoms with E-state index in [0.717, 1.165) is 60.9 Å². The van der Waals surface area contributed by atoms with Crippen LogP contribution in [-0.4, -0.2) is 64.5 Å². The topological polar surface area (TPSA) is 78.1 Å². The Kier molecular flexibility index (Phi) is 5.99. The molecule has 1 saturated heterocycles. The van der Waals surface area contributed by atoms with Gasteiger partial charge in [-0.25, -0.2) is 9.51 Å². The Morgan fingerprint density at radius 1 is 1.16 bits per heavy atom. The fourth-order valence-corrected chi connectivity index (χ4v) is 4.03. The van der Waals surface area contributed by atoms with Crippen LogP contribution in [0.5, 0.6) is 0 Å². The van der Waals surface area contributed by atoms with Crippen molar-refractivity contribution in [2.75, 3.05) is 37.6 Å². The van der Waals surface area contributed by atoms with Gasteiger partial charge in [0.15, 0.2) is 5.84 Å². The zero-order valence-electron chi connectivity index (χ0n) is 18.6. The maximum Gasteiger partial charge on any atom is 0.212 e. The smallest absolute Gasteiger partial charge is 0.212 e. The highest BCUT2D eigenvalue weighted by Crippen LogP contribution is 2.26.